The highest BCUT2D eigenvalue weighted by Gasteiger charge is 2.28. The monoisotopic (exact) mass is 299 g/mol. The van der Waals surface area contributed by atoms with Crippen LogP contribution < -0.4 is 4.90 Å². The number of rotatable bonds is 2. The third-order valence-electron chi connectivity index (χ3n) is 3.98. The first kappa shape index (κ1) is 14.6. The summed E-state index contributed by atoms with van der Waals surface area (Å²) < 4.78 is 19.7. The van der Waals surface area contributed by atoms with E-state index < -0.39 is 5.82 Å². The van der Waals surface area contributed by atoms with Crippen molar-refractivity contribution in [3.63, 3.8) is 0 Å². The SMILES string of the molecule is C[C@@H]1C[C@H](C)CN(c2oc(-c3ccccc3F)nc2C#N)C1. The van der Waals surface area contributed by atoms with Gasteiger partial charge in [-0.15, -0.1) is 0 Å². The fraction of sp³-hybridized carbons (Fsp3) is 0.412. The molecule has 0 spiro atoms. The van der Waals surface area contributed by atoms with E-state index in [0.29, 0.717) is 17.7 Å². The van der Waals surface area contributed by atoms with Gasteiger partial charge in [0.2, 0.25) is 17.5 Å². The molecule has 2 heterocycles. The van der Waals surface area contributed by atoms with Crippen LogP contribution in [-0.4, -0.2) is 18.1 Å². The summed E-state index contributed by atoms with van der Waals surface area (Å²) in [6.07, 6.45) is 1.16. The Labute approximate surface area is 129 Å². The first-order valence-electron chi connectivity index (χ1n) is 7.49. The zero-order valence-electron chi connectivity index (χ0n) is 12.7. The lowest BCUT2D eigenvalue weighted by Gasteiger charge is -2.34. The van der Waals surface area contributed by atoms with Gasteiger partial charge in [0.1, 0.15) is 11.9 Å². The zero-order chi connectivity index (χ0) is 15.7. The molecule has 2 atom stereocenters. The summed E-state index contributed by atoms with van der Waals surface area (Å²) in [5.41, 5.74) is 0.503. The Kier molecular flexibility index (Phi) is 3.84. The molecule has 1 aliphatic heterocycles. The molecule has 0 N–H and O–H groups in total. The maximum atomic E-state index is 13.9. The van der Waals surface area contributed by atoms with Crippen molar-refractivity contribution < 1.29 is 8.81 Å². The normalized spacial score (nSPS) is 21.6. The van der Waals surface area contributed by atoms with Crippen LogP contribution in [0.15, 0.2) is 28.7 Å². The highest BCUT2D eigenvalue weighted by Crippen LogP contribution is 2.33. The molecule has 5 heteroatoms. The number of piperidine rings is 1. The molecule has 4 nitrogen and oxygen atoms in total. The number of oxazole rings is 1. The second-order valence-electron chi connectivity index (χ2n) is 6.12. The quantitative estimate of drug-likeness (QED) is 0.845. The van der Waals surface area contributed by atoms with Crippen molar-refractivity contribution in [1.82, 2.24) is 4.98 Å². The fourth-order valence-corrected chi connectivity index (χ4v) is 3.18. The van der Waals surface area contributed by atoms with E-state index in [1.54, 1.807) is 18.2 Å². The van der Waals surface area contributed by atoms with Crippen molar-refractivity contribution >= 4 is 5.88 Å². The number of aromatic nitrogens is 1. The number of nitrogens with zero attached hydrogens (tertiary/aromatic N) is 3. The molecule has 0 aliphatic carbocycles. The first-order valence-corrected chi connectivity index (χ1v) is 7.49. The molecule has 0 amide bonds. The summed E-state index contributed by atoms with van der Waals surface area (Å²) in [6.45, 7) is 6.02. The molecule has 0 radical (unpaired) electrons. The number of hydrogen-bond donors (Lipinski definition) is 0. The lowest BCUT2D eigenvalue weighted by atomic mass is 9.92. The van der Waals surface area contributed by atoms with Gasteiger partial charge in [0, 0.05) is 13.1 Å². The van der Waals surface area contributed by atoms with Gasteiger partial charge in [-0.05, 0) is 30.4 Å². The Morgan fingerprint density at radius 3 is 2.59 bits per heavy atom. The first-order chi connectivity index (χ1) is 10.6. The molecule has 1 aliphatic rings. The molecule has 2 aromatic rings. The molecule has 22 heavy (non-hydrogen) atoms. The van der Waals surface area contributed by atoms with Crippen LogP contribution in [0, 0.1) is 29.0 Å². The number of nitriles is 1. The van der Waals surface area contributed by atoms with Crippen molar-refractivity contribution in [3.05, 3.63) is 35.8 Å². The van der Waals surface area contributed by atoms with E-state index in [0.717, 1.165) is 19.5 Å². The molecule has 1 aromatic heterocycles. The van der Waals surface area contributed by atoms with Gasteiger partial charge in [0.25, 0.3) is 0 Å². The standard InChI is InChI=1S/C17H18FN3O/c1-11-7-12(2)10-21(9-11)17-15(8-19)20-16(22-17)13-5-3-4-6-14(13)18/h3-6,11-12H,7,9-10H2,1-2H3/t11-,12+. The van der Waals surface area contributed by atoms with Gasteiger partial charge < -0.3 is 9.32 Å². The van der Waals surface area contributed by atoms with Gasteiger partial charge >= 0.3 is 0 Å². The van der Waals surface area contributed by atoms with Gasteiger partial charge in [0.05, 0.1) is 5.56 Å². The number of anilines is 1. The van der Waals surface area contributed by atoms with Crippen molar-refractivity contribution in [1.29, 1.82) is 5.26 Å². The Morgan fingerprint density at radius 1 is 1.27 bits per heavy atom. The smallest absolute Gasteiger partial charge is 0.235 e. The van der Waals surface area contributed by atoms with Gasteiger partial charge in [-0.3, -0.25) is 0 Å². The number of benzene rings is 1. The maximum absolute atomic E-state index is 13.9. The van der Waals surface area contributed by atoms with Crippen molar-refractivity contribution in [2.75, 3.05) is 18.0 Å². The minimum absolute atomic E-state index is 0.163. The lowest BCUT2D eigenvalue weighted by Crippen LogP contribution is -2.38. The second kappa shape index (κ2) is 5.80. The van der Waals surface area contributed by atoms with Gasteiger partial charge in [0.15, 0.2) is 0 Å². The molecule has 1 aromatic carbocycles. The minimum atomic E-state index is -0.403. The molecule has 0 unspecified atom stereocenters. The van der Waals surface area contributed by atoms with Crippen LogP contribution in [0.2, 0.25) is 0 Å². The van der Waals surface area contributed by atoms with Gasteiger partial charge in [-0.1, -0.05) is 26.0 Å². The van der Waals surface area contributed by atoms with Crippen LogP contribution >= 0.6 is 0 Å². The average molecular weight is 299 g/mol. The predicted octanol–water partition coefficient (Wildman–Crippen LogP) is 3.83. The third kappa shape index (κ3) is 2.69. The Balaban J connectivity index is 1.99. The molecule has 1 saturated heterocycles. The molecule has 114 valence electrons. The molecule has 0 saturated carbocycles. The van der Waals surface area contributed by atoms with Crippen LogP contribution in [0.4, 0.5) is 10.3 Å². The summed E-state index contributed by atoms with van der Waals surface area (Å²) in [5.74, 6) is 1.27. The van der Waals surface area contributed by atoms with E-state index in [1.165, 1.54) is 6.07 Å². The van der Waals surface area contributed by atoms with E-state index in [9.17, 15) is 9.65 Å². The van der Waals surface area contributed by atoms with Crippen LogP contribution in [-0.2, 0) is 0 Å². The van der Waals surface area contributed by atoms with Crippen molar-refractivity contribution in [2.45, 2.75) is 20.3 Å². The maximum Gasteiger partial charge on any atom is 0.235 e. The molecular formula is C17H18FN3O. The fourth-order valence-electron chi connectivity index (χ4n) is 3.18. The summed E-state index contributed by atoms with van der Waals surface area (Å²) >= 11 is 0. The molecule has 0 bridgehead atoms. The summed E-state index contributed by atoms with van der Waals surface area (Å²) in [7, 11) is 0. The highest BCUT2D eigenvalue weighted by atomic mass is 19.1. The predicted molar refractivity (Wildman–Crippen MR) is 81.8 cm³/mol. The summed E-state index contributed by atoms with van der Waals surface area (Å²) in [4.78, 5) is 6.23. The van der Waals surface area contributed by atoms with Crippen LogP contribution in [0.3, 0.4) is 0 Å². The van der Waals surface area contributed by atoms with Gasteiger partial charge in [-0.2, -0.15) is 10.2 Å². The molecular weight excluding hydrogens is 281 g/mol. The zero-order valence-corrected chi connectivity index (χ0v) is 12.7. The Morgan fingerprint density at radius 2 is 1.95 bits per heavy atom. The van der Waals surface area contributed by atoms with Crippen molar-refractivity contribution in [3.8, 4) is 17.5 Å². The Hall–Kier alpha value is -2.35. The summed E-state index contributed by atoms with van der Waals surface area (Å²) in [5, 5.41) is 9.32. The van der Waals surface area contributed by atoms with E-state index in [4.69, 9.17) is 4.42 Å². The van der Waals surface area contributed by atoms with E-state index in [-0.39, 0.29) is 17.1 Å². The second-order valence-corrected chi connectivity index (χ2v) is 6.12. The average Bonchev–Trinajstić information content (AvgIpc) is 2.91. The van der Waals surface area contributed by atoms with E-state index >= 15 is 0 Å². The van der Waals surface area contributed by atoms with E-state index in [1.807, 2.05) is 0 Å². The third-order valence-corrected chi connectivity index (χ3v) is 3.98. The molecule has 3 rings (SSSR count). The lowest BCUT2D eigenvalue weighted by molar-refractivity contribution is 0.344. The number of hydrogen-bond acceptors (Lipinski definition) is 4. The van der Waals surface area contributed by atoms with E-state index in [2.05, 4.69) is 29.8 Å². The molecule has 1 fully saturated rings. The summed E-state index contributed by atoms with van der Waals surface area (Å²) in [6, 6.07) is 8.36. The van der Waals surface area contributed by atoms with Crippen molar-refractivity contribution in [2.24, 2.45) is 11.8 Å². The van der Waals surface area contributed by atoms with Crippen LogP contribution in [0.1, 0.15) is 26.0 Å². The number of halogens is 1. The van der Waals surface area contributed by atoms with Crippen LogP contribution in [0.5, 0.6) is 0 Å². The van der Waals surface area contributed by atoms with Crippen LogP contribution in [0.25, 0.3) is 11.5 Å². The topological polar surface area (TPSA) is 53.1 Å². The Bertz CT molecular complexity index is 709. The highest BCUT2D eigenvalue weighted by molar-refractivity contribution is 5.60. The largest absolute Gasteiger partial charge is 0.419 e. The minimum Gasteiger partial charge on any atom is -0.419 e. The van der Waals surface area contributed by atoms with Gasteiger partial charge in [-0.25, -0.2) is 4.39 Å².